The highest BCUT2D eigenvalue weighted by molar-refractivity contribution is 7.86. The highest BCUT2D eigenvalue weighted by Gasteiger charge is 2.17. The Labute approximate surface area is 233 Å². The van der Waals surface area contributed by atoms with Crippen LogP contribution in [-0.4, -0.2) is 58.2 Å². The molecule has 40 heavy (non-hydrogen) atoms. The van der Waals surface area contributed by atoms with Crippen LogP contribution in [0.2, 0.25) is 5.02 Å². The second-order valence-electron chi connectivity index (χ2n) is 8.21. The maximum Gasteiger partial charge on any atom is 0.306 e. The highest BCUT2D eigenvalue weighted by atomic mass is 35.5. The molecule has 0 saturated heterocycles. The molecular weight excluding hydrogens is 568 g/mol. The Balaban J connectivity index is 0.000000282. The van der Waals surface area contributed by atoms with Crippen molar-refractivity contribution in [3.8, 4) is 28.4 Å². The molecule has 0 aliphatic carbocycles. The number of benzene rings is 1. The molecule has 2 heterocycles. The van der Waals surface area contributed by atoms with E-state index in [2.05, 4.69) is 14.2 Å². The first-order chi connectivity index (χ1) is 18.7. The summed E-state index contributed by atoms with van der Waals surface area (Å²) in [4.78, 5) is 52.2. The molecule has 0 bridgehead atoms. The molecular formula is C25H25ClN4O9S. The normalized spacial score (nSPS) is 10.7. The number of carbonyl (C=O) groups excluding carboxylic acids is 4. The Morgan fingerprint density at radius 3 is 1.80 bits per heavy atom. The molecule has 0 aliphatic heterocycles. The first-order valence-corrected chi connectivity index (χ1v) is 13.5. The smallest absolute Gasteiger partial charge is 0.306 e. The number of Topliss-reactive ketones (excluding diaryl/α,β-unsaturated/α-hetero) is 2. The van der Waals surface area contributed by atoms with Gasteiger partial charge in [-0.3, -0.25) is 19.2 Å². The van der Waals surface area contributed by atoms with Gasteiger partial charge in [0.1, 0.15) is 22.9 Å². The van der Waals surface area contributed by atoms with Gasteiger partial charge in [-0.2, -0.15) is 8.42 Å². The van der Waals surface area contributed by atoms with Gasteiger partial charge in [-0.1, -0.05) is 23.7 Å². The first-order valence-electron chi connectivity index (χ1n) is 11.3. The van der Waals surface area contributed by atoms with Gasteiger partial charge >= 0.3 is 10.1 Å². The fraction of sp³-hybridized carbons (Fsp3) is 0.200. The van der Waals surface area contributed by atoms with E-state index < -0.39 is 39.2 Å². The lowest BCUT2D eigenvalue weighted by atomic mass is 10.1. The summed E-state index contributed by atoms with van der Waals surface area (Å²) in [6, 6.07) is 9.45. The van der Waals surface area contributed by atoms with Crippen molar-refractivity contribution >= 4 is 45.1 Å². The molecule has 2 amide bonds. The Morgan fingerprint density at radius 1 is 0.825 bits per heavy atom. The molecule has 0 fully saturated rings. The van der Waals surface area contributed by atoms with Crippen molar-refractivity contribution in [2.45, 2.75) is 25.7 Å². The number of pyridine rings is 2. The van der Waals surface area contributed by atoms with Gasteiger partial charge in [0.25, 0.3) is 0 Å². The number of nitrogens with zero attached hydrogens (tertiary/aromatic N) is 2. The summed E-state index contributed by atoms with van der Waals surface area (Å²) in [5.41, 5.74) is 11.0. The summed E-state index contributed by atoms with van der Waals surface area (Å²) in [7, 11) is -3.75. The Morgan fingerprint density at radius 2 is 1.35 bits per heavy atom. The van der Waals surface area contributed by atoms with Crippen LogP contribution in [0.25, 0.3) is 11.1 Å². The number of amides is 2. The zero-order chi connectivity index (χ0) is 30.0. The number of carbonyl (C=O) groups is 4. The minimum Gasteiger partial charge on any atom is -0.506 e. The molecule has 6 N–H and O–H groups in total. The summed E-state index contributed by atoms with van der Waals surface area (Å²) < 4.78 is 26.2. The monoisotopic (exact) mass is 592 g/mol. The topological polar surface area (TPSA) is 230 Å². The standard InChI is InChI=1S/C15H13ClN2O3.C10H12N2O6S/c16-11-3-1-2-9(6-11)10-7-13(20)15(18-8-10)12(19)4-5-14(17)21;1-19(16,17)18-6-4-8(14)10(12-5-6)7(13)2-3-9(11)15/h1-3,6-8,20H,4-5H2,(H2,17,21);4-5,14H,2-3H2,1H3,(H2,11,15). The van der Waals surface area contributed by atoms with Crippen LogP contribution in [0, 0.1) is 0 Å². The second-order valence-corrected chi connectivity index (χ2v) is 10.2. The van der Waals surface area contributed by atoms with Crippen molar-refractivity contribution in [3.63, 3.8) is 0 Å². The van der Waals surface area contributed by atoms with Crippen molar-refractivity contribution in [1.29, 1.82) is 0 Å². The second kappa shape index (κ2) is 14.0. The fourth-order valence-electron chi connectivity index (χ4n) is 3.07. The quantitative estimate of drug-likeness (QED) is 0.186. The van der Waals surface area contributed by atoms with Crippen molar-refractivity contribution in [1.82, 2.24) is 9.97 Å². The van der Waals surface area contributed by atoms with Gasteiger partial charge in [-0.15, -0.1) is 0 Å². The zero-order valence-electron chi connectivity index (χ0n) is 21.0. The number of nitrogens with two attached hydrogens (primary N) is 2. The van der Waals surface area contributed by atoms with Crippen LogP contribution in [0.4, 0.5) is 0 Å². The lowest BCUT2D eigenvalue weighted by molar-refractivity contribution is -0.118. The summed E-state index contributed by atoms with van der Waals surface area (Å²) in [6.07, 6.45) is 2.78. The van der Waals surface area contributed by atoms with E-state index >= 15 is 0 Å². The minimum absolute atomic E-state index is 0.0676. The molecule has 0 saturated carbocycles. The molecule has 0 aliphatic rings. The SMILES string of the molecule is CS(=O)(=O)Oc1cnc(C(=O)CCC(N)=O)c(O)c1.NC(=O)CCC(=O)c1ncc(-c2cccc(Cl)c2)cc1O. The van der Waals surface area contributed by atoms with Crippen molar-refractivity contribution in [2.75, 3.05) is 6.26 Å². The average Bonchev–Trinajstić information content (AvgIpc) is 2.85. The van der Waals surface area contributed by atoms with Crippen molar-refractivity contribution in [2.24, 2.45) is 11.5 Å². The number of ketones is 2. The number of primary amides is 2. The van der Waals surface area contributed by atoms with E-state index in [1.165, 1.54) is 12.3 Å². The fourth-order valence-corrected chi connectivity index (χ4v) is 3.71. The number of hydrogen-bond donors (Lipinski definition) is 4. The zero-order valence-corrected chi connectivity index (χ0v) is 22.6. The third-order valence-corrected chi connectivity index (χ3v) is 5.57. The Hall–Kier alpha value is -4.56. The number of aromatic nitrogens is 2. The van der Waals surface area contributed by atoms with E-state index in [0.29, 0.717) is 10.6 Å². The van der Waals surface area contributed by atoms with Crippen LogP contribution in [0.3, 0.4) is 0 Å². The molecule has 2 aromatic heterocycles. The minimum atomic E-state index is -3.75. The molecule has 3 rings (SSSR count). The maximum absolute atomic E-state index is 11.8. The molecule has 0 atom stereocenters. The predicted octanol–water partition coefficient (Wildman–Crippen LogP) is 2.13. The number of hydrogen-bond acceptors (Lipinski definition) is 11. The summed E-state index contributed by atoms with van der Waals surface area (Å²) in [6.45, 7) is 0. The Kier molecular flexibility index (Phi) is 11.1. The third-order valence-electron chi connectivity index (χ3n) is 4.84. The molecule has 212 valence electrons. The third kappa shape index (κ3) is 10.3. The van der Waals surface area contributed by atoms with Gasteiger partial charge in [-0.25, -0.2) is 9.97 Å². The average molecular weight is 593 g/mol. The van der Waals surface area contributed by atoms with Gasteiger partial charge in [-0.05, 0) is 23.8 Å². The lowest BCUT2D eigenvalue weighted by Gasteiger charge is -2.06. The lowest BCUT2D eigenvalue weighted by Crippen LogP contribution is -2.13. The van der Waals surface area contributed by atoms with E-state index in [9.17, 15) is 37.8 Å². The van der Waals surface area contributed by atoms with E-state index in [1.807, 2.05) is 6.07 Å². The van der Waals surface area contributed by atoms with Crippen LogP contribution in [-0.2, 0) is 19.7 Å². The maximum atomic E-state index is 11.8. The Bertz CT molecular complexity index is 1540. The number of aromatic hydroxyl groups is 2. The molecule has 0 spiro atoms. The van der Waals surface area contributed by atoms with Gasteiger partial charge in [0, 0.05) is 48.5 Å². The van der Waals surface area contributed by atoms with Crippen LogP contribution < -0.4 is 15.7 Å². The largest absolute Gasteiger partial charge is 0.506 e. The summed E-state index contributed by atoms with van der Waals surface area (Å²) >= 11 is 5.91. The molecule has 15 heteroatoms. The first kappa shape index (κ1) is 31.7. The molecule has 13 nitrogen and oxygen atoms in total. The molecule has 0 radical (unpaired) electrons. The van der Waals surface area contributed by atoms with E-state index in [4.69, 9.17) is 23.1 Å². The van der Waals surface area contributed by atoms with Gasteiger partial charge in [0.2, 0.25) is 11.8 Å². The molecule has 0 unspecified atom stereocenters. The van der Waals surface area contributed by atoms with Crippen LogP contribution in [0.1, 0.15) is 46.7 Å². The van der Waals surface area contributed by atoms with E-state index in [0.717, 1.165) is 24.1 Å². The molecule has 3 aromatic rings. The van der Waals surface area contributed by atoms with E-state index in [1.54, 1.807) is 18.2 Å². The number of halogens is 1. The van der Waals surface area contributed by atoms with Gasteiger partial charge in [0.05, 0.1) is 12.5 Å². The molecule has 1 aromatic carbocycles. The van der Waals surface area contributed by atoms with Gasteiger partial charge < -0.3 is 25.9 Å². The predicted molar refractivity (Wildman–Crippen MR) is 143 cm³/mol. The van der Waals surface area contributed by atoms with Crippen LogP contribution in [0.15, 0.2) is 48.8 Å². The van der Waals surface area contributed by atoms with Gasteiger partial charge in [0.15, 0.2) is 17.3 Å². The number of rotatable bonds is 11. The highest BCUT2D eigenvalue weighted by Crippen LogP contribution is 2.27. The van der Waals surface area contributed by atoms with Crippen molar-refractivity contribution < 1.29 is 42.0 Å². The van der Waals surface area contributed by atoms with Crippen LogP contribution in [0.5, 0.6) is 17.2 Å². The van der Waals surface area contributed by atoms with Crippen LogP contribution >= 0.6 is 11.6 Å². The van der Waals surface area contributed by atoms with Crippen molar-refractivity contribution in [3.05, 3.63) is 65.2 Å². The van der Waals surface area contributed by atoms with E-state index in [-0.39, 0.29) is 48.6 Å². The summed E-state index contributed by atoms with van der Waals surface area (Å²) in [5, 5.41) is 20.0. The summed E-state index contributed by atoms with van der Waals surface area (Å²) in [5.74, 6) is -3.21.